The Labute approximate surface area is 168 Å². The molecule has 0 unspecified atom stereocenters. The lowest BCUT2D eigenvalue weighted by molar-refractivity contribution is -0.274. The lowest BCUT2D eigenvalue weighted by atomic mass is 9.98. The molecule has 0 aliphatic rings. The molecule has 0 amide bonds. The number of hydrogen-bond donors (Lipinski definition) is 1. The number of hydrogen-bond acceptors (Lipinski definition) is 4. The van der Waals surface area contributed by atoms with Crippen molar-refractivity contribution in [2.75, 3.05) is 0 Å². The molecular weight excluding hydrogens is 431 g/mol. The van der Waals surface area contributed by atoms with Crippen LogP contribution in [0.5, 0.6) is 5.75 Å². The number of aryl methyl sites for hydroxylation is 1. The molecule has 3 rings (SSSR count). The number of alkyl halides is 3. The summed E-state index contributed by atoms with van der Waals surface area (Å²) >= 11 is 0. The Kier molecular flexibility index (Phi) is 5.52. The molecule has 3 aromatic rings. The maximum atomic E-state index is 14.6. The molecule has 5 nitrogen and oxygen atoms in total. The number of halogens is 5. The van der Waals surface area contributed by atoms with Gasteiger partial charge >= 0.3 is 6.36 Å². The van der Waals surface area contributed by atoms with Crippen LogP contribution in [0, 0.1) is 18.6 Å². The topological polar surface area (TPSA) is 82.3 Å². The molecule has 11 heteroatoms. The molecule has 0 aliphatic carbocycles. The standard InChI is InChI=1S/C19H13F5N2O3S/c1-10-4-5-11(7-16(10)29-19(22,23)24)12-3-2-6-26-18(12)13-8-15(21)17(9-14(13)20)30(25,27)28/h2-9H,1H3,(H2,25,27,28). The number of pyridine rings is 1. The molecule has 158 valence electrons. The summed E-state index contributed by atoms with van der Waals surface area (Å²) in [7, 11) is -4.50. The van der Waals surface area contributed by atoms with Gasteiger partial charge in [-0.3, -0.25) is 4.98 Å². The van der Waals surface area contributed by atoms with Gasteiger partial charge in [-0.2, -0.15) is 0 Å². The molecule has 0 atom stereocenters. The number of ether oxygens (including phenoxy) is 1. The highest BCUT2D eigenvalue weighted by molar-refractivity contribution is 7.89. The summed E-state index contributed by atoms with van der Waals surface area (Å²) in [6.45, 7) is 1.41. The van der Waals surface area contributed by atoms with Crippen molar-refractivity contribution in [3.8, 4) is 28.1 Å². The number of benzene rings is 2. The average Bonchev–Trinajstić information content (AvgIpc) is 2.63. The normalized spacial score (nSPS) is 12.1. The summed E-state index contributed by atoms with van der Waals surface area (Å²) in [6, 6.07) is 7.86. The summed E-state index contributed by atoms with van der Waals surface area (Å²) in [5.74, 6) is -2.89. The van der Waals surface area contributed by atoms with Gasteiger partial charge in [-0.15, -0.1) is 13.2 Å². The SMILES string of the molecule is Cc1ccc(-c2cccnc2-c2cc(F)c(S(N)(=O)=O)cc2F)cc1OC(F)(F)F. The van der Waals surface area contributed by atoms with E-state index in [0.29, 0.717) is 12.1 Å². The molecule has 0 saturated heterocycles. The quantitative estimate of drug-likeness (QED) is 0.599. The van der Waals surface area contributed by atoms with Crippen LogP contribution in [-0.2, 0) is 10.0 Å². The Morgan fingerprint density at radius 2 is 1.70 bits per heavy atom. The van der Waals surface area contributed by atoms with E-state index in [2.05, 4.69) is 9.72 Å². The Morgan fingerprint density at radius 1 is 1.00 bits per heavy atom. The zero-order chi connectivity index (χ0) is 22.3. The highest BCUT2D eigenvalue weighted by Crippen LogP contribution is 2.36. The summed E-state index contributed by atoms with van der Waals surface area (Å²) in [5.41, 5.74) is 0.0618. The van der Waals surface area contributed by atoms with Gasteiger partial charge in [-0.1, -0.05) is 18.2 Å². The van der Waals surface area contributed by atoms with Crippen LogP contribution < -0.4 is 9.88 Å². The van der Waals surface area contributed by atoms with Gasteiger partial charge < -0.3 is 4.74 Å². The first-order valence-electron chi connectivity index (χ1n) is 8.21. The van der Waals surface area contributed by atoms with Gasteiger partial charge in [-0.05, 0) is 42.3 Å². The lowest BCUT2D eigenvalue weighted by Gasteiger charge is -2.15. The Balaban J connectivity index is 2.18. The number of primary sulfonamides is 1. The van der Waals surface area contributed by atoms with E-state index >= 15 is 0 Å². The number of rotatable bonds is 4. The minimum Gasteiger partial charge on any atom is -0.405 e. The highest BCUT2D eigenvalue weighted by Gasteiger charge is 2.32. The molecule has 0 bridgehead atoms. The molecule has 30 heavy (non-hydrogen) atoms. The zero-order valence-electron chi connectivity index (χ0n) is 15.2. The Hall–Kier alpha value is -3.05. The van der Waals surface area contributed by atoms with Crippen LogP contribution in [0.15, 0.2) is 53.6 Å². The molecule has 1 heterocycles. The van der Waals surface area contributed by atoms with E-state index in [0.717, 1.165) is 6.07 Å². The lowest BCUT2D eigenvalue weighted by Crippen LogP contribution is -2.17. The predicted molar refractivity (Wildman–Crippen MR) is 97.8 cm³/mol. The maximum absolute atomic E-state index is 14.6. The van der Waals surface area contributed by atoms with Crippen molar-refractivity contribution >= 4 is 10.0 Å². The minimum atomic E-state index is -4.92. The Morgan fingerprint density at radius 3 is 2.33 bits per heavy atom. The van der Waals surface area contributed by atoms with Crippen molar-refractivity contribution < 1.29 is 35.1 Å². The fraction of sp³-hybridized carbons (Fsp3) is 0.105. The van der Waals surface area contributed by atoms with Crippen LogP contribution in [0.4, 0.5) is 22.0 Å². The first-order valence-corrected chi connectivity index (χ1v) is 9.75. The highest BCUT2D eigenvalue weighted by atomic mass is 32.2. The average molecular weight is 444 g/mol. The van der Waals surface area contributed by atoms with Crippen molar-refractivity contribution in [3.05, 3.63) is 65.9 Å². The first-order chi connectivity index (χ1) is 13.9. The van der Waals surface area contributed by atoms with Crippen molar-refractivity contribution in [1.82, 2.24) is 4.98 Å². The van der Waals surface area contributed by atoms with E-state index in [1.807, 2.05) is 0 Å². The second kappa shape index (κ2) is 7.65. The second-order valence-corrected chi connectivity index (χ2v) is 7.76. The fourth-order valence-electron chi connectivity index (χ4n) is 2.78. The van der Waals surface area contributed by atoms with Gasteiger partial charge in [0, 0.05) is 17.3 Å². The summed E-state index contributed by atoms with van der Waals surface area (Å²) in [6.07, 6.45) is -3.65. The van der Waals surface area contributed by atoms with Gasteiger partial charge in [0.2, 0.25) is 10.0 Å². The number of aromatic nitrogens is 1. The molecule has 0 saturated carbocycles. The molecule has 0 radical (unpaired) electrons. The summed E-state index contributed by atoms with van der Waals surface area (Å²) in [5, 5.41) is 4.86. The zero-order valence-corrected chi connectivity index (χ0v) is 16.0. The monoisotopic (exact) mass is 444 g/mol. The number of sulfonamides is 1. The molecule has 2 N–H and O–H groups in total. The third-order valence-electron chi connectivity index (χ3n) is 4.12. The van der Waals surface area contributed by atoms with Crippen molar-refractivity contribution in [2.45, 2.75) is 18.2 Å². The van der Waals surface area contributed by atoms with Crippen molar-refractivity contribution in [3.63, 3.8) is 0 Å². The largest absolute Gasteiger partial charge is 0.573 e. The van der Waals surface area contributed by atoms with Gasteiger partial charge in [0.25, 0.3) is 0 Å². The first kappa shape index (κ1) is 21.7. The predicted octanol–water partition coefficient (Wildman–Crippen LogP) is 4.55. The van der Waals surface area contributed by atoms with E-state index in [4.69, 9.17) is 5.14 Å². The van der Waals surface area contributed by atoms with Gasteiger partial charge in [-0.25, -0.2) is 22.3 Å². The van der Waals surface area contributed by atoms with Crippen molar-refractivity contribution in [1.29, 1.82) is 0 Å². The molecular formula is C19H13F5N2O3S. The molecule has 1 aromatic heterocycles. The van der Waals surface area contributed by atoms with Crippen molar-refractivity contribution in [2.24, 2.45) is 5.14 Å². The maximum Gasteiger partial charge on any atom is 0.573 e. The third kappa shape index (κ3) is 4.57. The molecule has 2 aromatic carbocycles. The summed E-state index contributed by atoms with van der Waals surface area (Å²) < 4.78 is 93.5. The molecule has 0 fully saturated rings. The van der Waals surface area contributed by atoms with Gasteiger partial charge in [0.1, 0.15) is 22.3 Å². The Bertz CT molecular complexity index is 1230. The van der Waals surface area contributed by atoms with Gasteiger partial charge in [0.05, 0.1) is 5.69 Å². The summed E-state index contributed by atoms with van der Waals surface area (Å²) in [4.78, 5) is 2.97. The van der Waals surface area contributed by atoms with Crippen LogP contribution in [0.3, 0.4) is 0 Å². The van der Waals surface area contributed by atoms with E-state index in [-0.39, 0.29) is 22.4 Å². The van der Waals surface area contributed by atoms with Crippen LogP contribution in [0.1, 0.15) is 5.56 Å². The van der Waals surface area contributed by atoms with E-state index in [1.54, 1.807) is 0 Å². The minimum absolute atomic E-state index is 0.114. The smallest absolute Gasteiger partial charge is 0.405 e. The second-order valence-electron chi connectivity index (χ2n) is 6.24. The van der Waals surface area contributed by atoms with Crippen LogP contribution in [0.25, 0.3) is 22.4 Å². The van der Waals surface area contributed by atoms with Crippen LogP contribution >= 0.6 is 0 Å². The van der Waals surface area contributed by atoms with E-state index in [1.165, 1.54) is 37.4 Å². The number of nitrogens with two attached hydrogens (primary N) is 1. The fourth-order valence-corrected chi connectivity index (χ4v) is 3.38. The third-order valence-corrected chi connectivity index (χ3v) is 5.04. The van der Waals surface area contributed by atoms with E-state index < -0.39 is 44.2 Å². The van der Waals surface area contributed by atoms with E-state index in [9.17, 15) is 30.4 Å². The number of nitrogens with zero attached hydrogens (tertiary/aromatic N) is 1. The van der Waals surface area contributed by atoms with Crippen LogP contribution in [0.2, 0.25) is 0 Å². The van der Waals surface area contributed by atoms with Crippen LogP contribution in [-0.4, -0.2) is 19.8 Å². The van der Waals surface area contributed by atoms with Gasteiger partial charge in [0.15, 0.2) is 0 Å². The molecule has 0 spiro atoms. The molecule has 0 aliphatic heterocycles.